The van der Waals surface area contributed by atoms with E-state index in [0.29, 0.717) is 41.5 Å². The van der Waals surface area contributed by atoms with Crippen LogP contribution in [0.5, 0.6) is 6.01 Å². The number of fused-ring (bicyclic) bond motifs is 3. The van der Waals surface area contributed by atoms with Crippen molar-refractivity contribution in [3.63, 3.8) is 0 Å². The van der Waals surface area contributed by atoms with Crippen LogP contribution in [0.15, 0.2) is 55.1 Å². The SMILES string of the molecule is CN1CCC[C@H]1COc1nc(N2CCn3cncc3C2)c2cnc(-c3cccc4cccc(Cl)c34)c(F)c2n1. The number of likely N-dealkylation sites (tertiary alicyclic amines) is 1. The number of anilines is 1. The Bertz CT molecular complexity index is 1700. The molecule has 8 nitrogen and oxygen atoms in total. The van der Waals surface area contributed by atoms with Gasteiger partial charge >= 0.3 is 6.01 Å². The van der Waals surface area contributed by atoms with Gasteiger partial charge in [0.25, 0.3) is 0 Å². The molecular weight excluding hydrogens is 517 g/mol. The largest absolute Gasteiger partial charge is 0.462 e. The van der Waals surface area contributed by atoms with E-state index in [9.17, 15) is 0 Å². The van der Waals surface area contributed by atoms with Crippen molar-refractivity contribution in [1.82, 2.24) is 29.4 Å². The van der Waals surface area contributed by atoms with Crippen LogP contribution in [0.25, 0.3) is 32.9 Å². The van der Waals surface area contributed by atoms with Crippen LogP contribution in [0.2, 0.25) is 5.02 Å². The fraction of sp³-hybridized carbons (Fsp3) is 0.310. The first-order valence-corrected chi connectivity index (χ1v) is 13.6. The summed E-state index contributed by atoms with van der Waals surface area (Å²) in [4.78, 5) is 22.7. The van der Waals surface area contributed by atoms with E-state index in [1.807, 2.05) is 42.9 Å². The van der Waals surface area contributed by atoms with Crippen LogP contribution < -0.4 is 9.64 Å². The number of aromatic nitrogens is 5. The Morgan fingerprint density at radius 2 is 1.95 bits per heavy atom. The van der Waals surface area contributed by atoms with E-state index in [1.54, 1.807) is 12.3 Å². The maximum Gasteiger partial charge on any atom is 0.319 e. The van der Waals surface area contributed by atoms with Gasteiger partial charge in [0.05, 0.1) is 24.0 Å². The highest BCUT2D eigenvalue weighted by molar-refractivity contribution is 6.36. The van der Waals surface area contributed by atoms with Crippen LogP contribution >= 0.6 is 11.6 Å². The fourth-order valence-electron chi connectivity index (χ4n) is 5.73. The van der Waals surface area contributed by atoms with Crippen molar-refractivity contribution in [3.05, 3.63) is 71.7 Å². The Kier molecular flexibility index (Phi) is 6.05. The molecule has 2 aliphatic rings. The van der Waals surface area contributed by atoms with Gasteiger partial charge in [-0.05, 0) is 37.9 Å². The minimum Gasteiger partial charge on any atom is -0.462 e. The van der Waals surface area contributed by atoms with Crippen LogP contribution in [0.1, 0.15) is 18.5 Å². The molecule has 198 valence electrons. The molecule has 0 N–H and O–H groups in total. The molecule has 0 bridgehead atoms. The molecule has 1 saturated heterocycles. The number of likely N-dealkylation sites (N-methyl/N-ethyl adjacent to an activating group) is 1. The first kappa shape index (κ1) is 24.2. The number of nitrogens with zero attached hydrogens (tertiary/aromatic N) is 7. The quantitative estimate of drug-likeness (QED) is 0.297. The zero-order valence-corrected chi connectivity index (χ0v) is 22.3. The molecule has 39 heavy (non-hydrogen) atoms. The summed E-state index contributed by atoms with van der Waals surface area (Å²) >= 11 is 6.57. The van der Waals surface area contributed by atoms with Crippen molar-refractivity contribution >= 4 is 39.1 Å². The lowest BCUT2D eigenvalue weighted by Gasteiger charge is -2.30. The molecular formula is C29H27ClFN7O. The van der Waals surface area contributed by atoms with E-state index in [1.165, 1.54) is 0 Å². The van der Waals surface area contributed by atoms with Gasteiger partial charge in [0.1, 0.15) is 23.6 Å². The molecule has 0 amide bonds. The first-order valence-electron chi connectivity index (χ1n) is 13.2. The number of benzene rings is 2. The van der Waals surface area contributed by atoms with Crippen molar-refractivity contribution in [3.8, 4) is 17.3 Å². The van der Waals surface area contributed by atoms with E-state index in [4.69, 9.17) is 21.3 Å². The third-order valence-electron chi connectivity index (χ3n) is 7.89. The zero-order valence-electron chi connectivity index (χ0n) is 21.5. The van der Waals surface area contributed by atoms with Crippen LogP contribution in [0.4, 0.5) is 10.2 Å². The molecule has 2 aliphatic heterocycles. The van der Waals surface area contributed by atoms with Gasteiger partial charge in [0.2, 0.25) is 0 Å². The number of imidazole rings is 1. The minimum atomic E-state index is -0.520. The second kappa shape index (κ2) is 9.73. The summed E-state index contributed by atoms with van der Waals surface area (Å²) in [6, 6.07) is 11.8. The van der Waals surface area contributed by atoms with Crippen molar-refractivity contribution in [2.75, 3.05) is 31.6 Å². The summed E-state index contributed by atoms with van der Waals surface area (Å²) in [6.07, 6.45) is 7.54. The maximum absolute atomic E-state index is 16.4. The lowest BCUT2D eigenvalue weighted by atomic mass is 10.0. The van der Waals surface area contributed by atoms with E-state index < -0.39 is 5.82 Å². The molecule has 5 aromatic rings. The highest BCUT2D eigenvalue weighted by Crippen LogP contribution is 2.37. The Labute approximate surface area is 230 Å². The highest BCUT2D eigenvalue weighted by atomic mass is 35.5. The minimum absolute atomic E-state index is 0.170. The molecule has 10 heteroatoms. The van der Waals surface area contributed by atoms with Crippen molar-refractivity contribution in [2.45, 2.75) is 32.0 Å². The fourth-order valence-corrected chi connectivity index (χ4v) is 6.02. The summed E-state index contributed by atoms with van der Waals surface area (Å²) < 4.78 is 24.7. The van der Waals surface area contributed by atoms with E-state index in [2.05, 4.69) is 36.4 Å². The van der Waals surface area contributed by atoms with Gasteiger partial charge in [-0.15, -0.1) is 0 Å². The third kappa shape index (κ3) is 4.26. The first-order chi connectivity index (χ1) is 19.1. The Balaban J connectivity index is 1.36. The Morgan fingerprint density at radius 3 is 2.79 bits per heavy atom. The molecule has 7 rings (SSSR count). The second-order valence-electron chi connectivity index (χ2n) is 10.2. The number of hydrogen-bond donors (Lipinski definition) is 0. The van der Waals surface area contributed by atoms with Crippen LogP contribution in [-0.2, 0) is 13.1 Å². The van der Waals surface area contributed by atoms with Crippen LogP contribution in [0, 0.1) is 5.82 Å². The average molecular weight is 544 g/mol. The van der Waals surface area contributed by atoms with Gasteiger partial charge in [-0.3, -0.25) is 4.98 Å². The highest BCUT2D eigenvalue weighted by Gasteiger charge is 2.26. The van der Waals surface area contributed by atoms with Gasteiger partial charge in [-0.25, -0.2) is 9.37 Å². The number of halogens is 2. The molecule has 0 radical (unpaired) electrons. The lowest BCUT2D eigenvalue weighted by molar-refractivity contribution is 0.188. The molecule has 0 aliphatic carbocycles. The summed E-state index contributed by atoms with van der Waals surface area (Å²) in [5.74, 6) is 0.0876. The smallest absolute Gasteiger partial charge is 0.319 e. The molecule has 0 spiro atoms. The molecule has 0 saturated carbocycles. The number of pyridine rings is 1. The number of ether oxygens (including phenoxy) is 1. The Hall–Kier alpha value is -3.82. The van der Waals surface area contributed by atoms with Crippen molar-refractivity contribution in [2.24, 2.45) is 0 Å². The van der Waals surface area contributed by atoms with E-state index in [-0.39, 0.29) is 23.3 Å². The lowest BCUT2D eigenvalue weighted by Crippen LogP contribution is -2.34. The standard InChI is InChI=1S/C29H27ClFN7O/c1-36-10-4-7-19(36)16-39-29-34-27-22(28(35-29)37-11-12-38-17-32-13-20(38)15-37)14-33-26(25(27)31)21-8-2-5-18-6-3-9-23(30)24(18)21/h2-3,5-6,8-9,13-14,17,19H,4,7,10-12,15-16H2,1H3/t19-/m0/s1. The normalized spacial score (nSPS) is 17.7. The zero-order chi connectivity index (χ0) is 26.5. The monoisotopic (exact) mass is 543 g/mol. The van der Waals surface area contributed by atoms with Gasteiger partial charge in [0.15, 0.2) is 5.82 Å². The molecule has 1 atom stereocenters. The molecule has 3 aromatic heterocycles. The van der Waals surface area contributed by atoms with Crippen LogP contribution in [-0.4, -0.2) is 62.2 Å². The predicted molar refractivity (Wildman–Crippen MR) is 150 cm³/mol. The number of rotatable bonds is 5. The summed E-state index contributed by atoms with van der Waals surface area (Å²) in [5, 5.41) is 2.76. The van der Waals surface area contributed by atoms with Crippen molar-refractivity contribution in [1.29, 1.82) is 0 Å². The van der Waals surface area contributed by atoms with Gasteiger partial charge in [0, 0.05) is 47.5 Å². The maximum atomic E-state index is 16.4. The van der Waals surface area contributed by atoms with Gasteiger partial charge < -0.3 is 19.1 Å². The number of hydrogen-bond acceptors (Lipinski definition) is 7. The molecule has 1 fully saturated rings. The van der Waals surface area contributed by atoms with Gasteiger partial charge in [-0.2, -0.15) is 9.97 Å². The van der Waals surface area contributed by atoms with Crippen molar-refractivity contribution < 1.29 is 9.13 Å². The molecule has 5 heterocycles. The molecule has 2 aromatic carbocycles. The average Bonchev–Trinajstić information content (AvgIpc) is 3.60. The topological polar surface area (TPSA) is 72.2 Å². The molecule has 0 unspecified atom stereocenters. The summed E-state index contributed by atoms with van der Waals surface area (Å²) in [6.45, 7) is 3.54. The van der Waals surface area contributed by atoms with Crippen LogP contribution in [0.3, 0.4) is 0 Å². The van der Waals surface area contributed by atoms with E-state index >= 15 is 4.39 Å². The second-order valence-corrected chi connectivity index (χ2v) is 10.7. The Morgan fingerprint density at radius 1 is 1.08 bits per heavy atom. The van der Waals surface area contributed by atoms with E-state index in [0.717, 1.165) is 42.4 Å². The predicted octanol–water partition coefficient (Wildman–Crippen LogP) is 5.33. The third-order valence-corrected chi connectivity index (χ3v) is 8.21. The summed E-state index contributed by atoms with van der Waals surface area (Å²) in [5.41, 5.74) is 2.07. The van der Waals surface area contributed by atoms with Gasteiger partial charge in [-0.1, -0.05) is 41.9 Å². The summed E-state index contributed by atoms with van der Waals surface area (Å²) in [7, 11) is 2.09.